The van der Waals surface area contributed by atoms with Gasteiger partial charge in [-0.05, 0) is 6.92 Å². The molecule has 0 heterocycles. The quantitative estimate of drug-likeness (QED) is 0.577. The highest BCUT2D eigenvalue weighted by molar-refractivity contribution is 7.93. The highest BCUT2D eigenvalue weighted by Crippen LogP contribution is 2.30. The van der Waals surface area contributed by atoms with E-state index in [0.29, 0.717) is 6.54 Å². The van der Waals surface area contributed by atoms with Crippen LogP contribution < -0.4 is 10.0 Å². The Bertz CT molecular complexity index is 427. The van der Waals surface area contributed by atoms with E-state index in [9.17, 15) is 8.42 Å². The summed E-state index contributed by atoms with van der Waals surface area (Å²) in [5.74, 6) is 0. The Morgan fingerprint density at radius 3 is 1.94 bits per heavy atom. The maximum atomic E-state index is 11.9. The number of sulfonamides is 1. The number of hydrogen-bond donors (Lipinski definition) is 2. The van der Waals surface area contributed by atoms with Crippen molar-refractivity contribution in [3.05, 3.63) is 19.6 Å². The normalized spacial score (nSPS) is 13.1. The Hall–Kier alpha value is 0.350. The number of hydrogen-bond acceptors (Lipinski definition) is 3. The van der Waals surface area contributed by atoms with Gasteiger partial charge in [0.1, 0.15) is 14.6 Å². The summed E-state index contributed by atoms with van der Waals surface area (Å²) in [5.41, 5.74) is 0. The molecule has 0 aliphatic carbocycles. The minimum Gasteiger partial charge on any atom is -0.375 e. The molecular formula is C8H12Cl4N2O2S. The van der Waals surface area contributed by atoms with E-state index >= 15 is 0 Å². The molecule has 2 N–H and O–H groups in total. The zero-order valence-electron chi connectivity index (χ0n) is 9.15. The average molecular weight is 342 g/mol. The van der Waals surface area contributed by atoms with Gasteiger partial charge in [-0.25, -0.2) is 13.1 Å². The number of rotatable bonds is 6. The molecule has 0 aromatic heterocycles. The average Bonchev–Trinajstić information content (AvgIpc) is 2.17. The molecule has 0 amide bonds. The Morgan fingerprint density at radius 1 is 1.06 bits per heavy atom. The van der Waals surface area contributed by atoms with Crippen molar-refractivity contribution < 1.29 is 8.42 Å². The predicted octanol–water partition coefficient (Wildman–Crippen LogP) is 2.83. The first kappa shape index (κ1) is 17.4. The van der Waals surface area contributed by atoms with Crippen molar-refractivity contribution in [3.8, 4) is 0 Å². The molecule has 17 heavy (non-hydrogen) atoms. The van der Waals surface area contributed by atoms with Crippen LogP contribution >= 0.6 is 46.4 Å². The third-order valence-corrected chi connectivity index (χ3v) is 4.61. The summed E-state index contributed by atoms with van der Waals surface area (Å²) < 4.78 is 25.6. The van der Waals surface area contributed by atoms with Crippen LogP contribution in [0.15, 0.2) is 19.6 Å². The van der Waals surface area contributed by atoms with Crippen LogP contribution in [-0.4, -0.2) is 21.5 Å². The maximum absolute atomic E-state index is 11.9. The molecule has 0 aromatic rings. The lowest BCUT2D eigenvalue weighted by atomic mass is 10.5. The molecule has 0 spiro atoms. The summed E-state index contributed by atoms with van der Waals surface area (Å²) in [6, 6.07) is 0. The van der Waals surface area contributed by atoms with E-state index in [-0.39, 0.29) is 26.1 Å². The van der Waals surface area contributed by atoms with Gasteiger partial charge in [0.25, 0.3) is 0 Å². The van der Waals surface area contributed by atoms with Gasteiger partial charge in [0, 0.05) is 13.1 Å². The van der Waals surface area contributed by atoms with Gasteiger partial charge in [0.2, 0.25) is 10.0 Å². The number of nitrogens with one attached hydrogen (secondary N) is 2. The molecule has 0 radical (unpaired) electrons. The fourth-order valence-corrected chi connectivity index (χ4v) is 3.37. The van der Waals surface area contributed by atoms with E-state index in [1.54, 1.807) is 13.8 Å². The van der Waals surface area contributed by atoms with Crippen LogP contribution in [0.3, 0.4) is 0 Å². The Kier molecular flexibility index (Phi) is 7.87. The zero-order chi connectivity index (χ0) is 13.6. The van der Waals surface area contributed by atoms with Crippen molar-refractivity contribution in [2.75, 3.05) is 13.1 Å². The molecule has 0 aliphatic heterocycles. The standard InChI is InChI=1S/C8H12Cl4N2O2S/c1-3-13-8(12)6(5(9)7(10)11)17(15,16)14-4-2/h13-14H,3-4H2,1-2H3/b8-6-. The van der Waals surface area contributed by atoms with Gasteiger partial charge >= 0.3 is 0 Å². The molecule has 0 saturated heterocycles. The molecule has 4 nitrogen and oxygen atoms in total. The second-order valence-corrected chi connectivity index (χ2v) is 6.16. The summed E-state index contributed by atoms with van der Waals surface area (Å²) >= 11 is 22.5. The van der Waals surface area contributed by atoms with Crippen LogP contribution in [-0.2, 0) is 10.0 Å². The maximum Gasteiger partial charge on any atom is 0.245 e. The summed E-state index contributed by atoms with van der Waals surface area (Å²) in [6.45, 7) is 3.98. The summed E-state index contributed by atoms with van der Waals surface area (Å²) in [4.78, 5) is -0.371. The Balaban J connectivity index is 5.76. The second kappa shape index (κ2) is 7.71. The van der Waals surface area contributed by atoms with Crippen LogP contribution in [0.5, 0.6) is 0 Å². The molecule has 0 saturated carbocycles. The largest absolute Gasteiger partial charge is 0.375 e. The molecule has 9 heteroatoms. The molecule has 100 valence electrons. The first-order valence-electron chi connectivity index (χ1n) is 4.62. The first-order valence-corrected chi connectivity index (χ1v) is 7.61. The lowest BCUT2D eigenvalue weighted by Crippen LogP contribution is -2.27. The smallest absolute Gasteiger partial charge is 0.245 e. The molecule has 0 bridgehead atoms. The van der Waals surface area contributed by atoms with Gasteiger partial charge in [0.05, 0.1) is 5.03 Å². The Morgan fingerprint density at radius 2 is 1.59 bits per heavy atom. The van der Waals surface area contributed by atoms with E-state index in [1.807, 2.05) is 0 Å². The minimum absolute atomic E-state index is 0.141. The van der Waals surface area contributed by atoms with E-state index < -0.39 is 10.0 Å². The fourth-order valence-electron chi connectivity index (χ4n) is 0.916. The van der Waals surface area contributed by atoms with E-state index in [0.717, 1.165) is 0 Å². The van der Waals surface area contributed by atoms with Gasteiger partial charge in [-0.1, -0.05) is 53.3 Å². The summed E-state index contributed by atoms with van der Waals surface area (Å²) in [5, 5.41) is 2.16. The van der Waals surface area contributed by atoms with Crippen molar-refractivity contribution in [3.63, 3.8) is 0 Å². The van der Waals surface area contributed by atoms with Gasteiger partial charge in [0.15, 0.2) is 0 Å². The van der Waals surface area contributed by atoms with Crippen molar-refractivity contribution in [1.82, 2.24) is 10.0 Å². The van der Waals surface area contributed by atoms with Crippen molar-refractivity contribution in [2.45, 2.75) is 13.8 Å². The van der Waals surface area contributed by atoms with E-state index in [4.69, 9.17) is 46.4 Å². The molecule has 0 aromatic carbocycles. The number of halogens is 4. The Labute approximate surface area is 121 Å². The molecule has 0 rings (SSSR count). The van der Waals surface area contributed by atoms with Gasteiger partial charge < -0.3 is 5.32 Å². The zero-order valence-corrected chi connectivity index (χ0v) is 13.0. The van der Waals surface area contributed by atoms with Gasteiger partial charge in [-0.3, -0.25) is 0 Å². The second-order valence-electron chi connectivity index (χ2n) is 2.75. The van der Waals surface area contributed by atoms with Crippen LogP contribution in [0, 0.1) is 0 Å². The summed E-state index contributed by atoms with van der Waals surface area (Å²) in [6.07, 6.45) is 0. The molecule has 0 atom stereocenters. The van der Waals surface area contributed by atoms with Crippen LogP contribution in [0.25, 0.3) is 0 Å². The predicted molar refractivity (Wildman–Crippen MR) is 73.7 cm³/mol. The molecular weight excluding hydrogens is 330 g/mol. The van der Waals surface area contributed by atoms with Crippen LogP contribution in [0.4, 0.5) is 0 Å². The highest BCUT2D eigenvalue weighted by Gasteiger charge is 2.25. The lowest BCUT2D eigenvalue weighted by molar-refractivity contribution is 0.590. The van der Waals surface area contributed by atoms with E-state index in [1.165, 1.54) is 0 Å². The number of allylic oxidation sites excluding steroid dienone is 1. The van der Waals surface area contributed by atoms with E-state index in [2.05, 4.69) is 10.0 Å². The van der Waals surface area contributed by atoms with Gasteiger partial charge in [-0.2, -0.15) is 0 Å². The molecule has 0 aliphatic rings. The first-order chi connectivity index (χ1) is 7.77. The third-order valence-electron chi connectivity index (χ3n) is 1.50. The highest BCUT2D eigenvalue weighted by atomic mass is 35.5. The molecule has 0 fully saturated rings. The van der Waals surface area contributed by atoms with Crippen molar-refractivity contribution in [2.24, 2.45) is 0 Å². The minimum atomic E-state index is -3.86. The van der Waals surface area contributed by atoms with Gasteiger partial charge in [-0.15, -0.1) is 0 Å². The van der Waals surface area contributed by atoms with Crippen LogP contribution in [0.1, 0.15) is 13.8 Å². The van der Waals surface area contributed by atoms with Crippen molar-refractivity contribution in [1.29, 1.82) is 0 Å². The fraction of sp³-hybridized carbons (Fsp3) is 0.500. The molecule has 0 unspecified atom stereocenters. The van der Waals surface area contributed by atoms with Crippen LogP contribution in [0.2, 0.25) is 0 Å². The SMILES string of the molecule is CCN/C(Cl)=C(/C(Cl)=C(Cl)Cl)S(=O)(=O)NCC. The lowest BCUT2D eigenvalue weighted by Gasteiger charge is -2.12. The third kappa shape index (κ3) is 5.24. The monoisotopic (exact) mass is 340 g/mol. The van der Waals surface area contributed by atoms with Crippen molar-refractivity contribution >= 4 is 56.4 Å². The topological polar surface area (TPSA) is 58.2 Å². The summed E-state index contributed by atoms with van der Waals surface area (Å²) in [7, 11) is -3.86.